The number of ether oxygens (including phenoxy) is 3. The fourth-order valence-corrected chi connectivity index (χ4v) is 5.56. The van der Waals surface area contributed by atoms with Gasteiger partial charge in [0.05, 0.1) is 44.0 Å². The third kappa shape index (κ3) is 8.72. The maximum Gasteiger partial charge on any atom is 0.416 e. The van der Waals surface area contributed by atoms with Crippen LogP contribution in [-0.2, 0) is 38.7 Å². The van der Waals surface area contributed by atoms with Gasteiger partial charge >= 0.3 is 6.18 Å². The van der Waals surface area contributed by atoms with E-state index < -0.39 is 39.1 Å². The minimum Gasteiger partial charge on any atom is -0.493 e. The number of benzene rings is 2. The van der Waals surface area contributed by atoms with E-state index >= 15 is 0 Å². The molecule has 0 bridgehead atoms. The van der Waals surface area contributed by atoms with E-state index in [-0.39, 0.29) is 32.7 Å². The second kappa shape index (κ2) is 14.4. The minimum atomic E-state index is -4.73. The highest BCUT2D eigenvalue weighted by molar-refractivity contribution is 7.89. The minimum absolute atomic E-state index is 0.0641. The molecule has 0 spiro atoms. The predicted molar refractivity (Wildman–Crippen MR) is 144 cm³/mol. The Morgan fingerprint density at radius 1 is 0.951 bits per heavy atom. The van der Waals surface area contributed by atoms with Gasteiger partial charge in [-0.25, -0.2) is 8.42 Å². The van der Waals surface area contributed by atoms with Gasteiger partial charge in [-0.1, -0.05) is 12.1 Å². The van der Waals surface area contributed by atoms with Gasteiger partial charge in [0.25, 0.3) is 0 Å². The highest BCUT2D eigenvalue weighted by Crippen LogP contribution is 2.31. The van der Waals surface area contributed by atoms with E-state index in [0.29, 0.717) is 29.7 Å². The molecule has 9 nitrogen and oxygen atoms in total. The van der Waals surface area contributed by atoms with Crippen LogP contribution in [0.4, 0.5) is 13.2 Å². The van der Waals surface area contributed by atoms with E-state index in [2.05, 4.69) is 0 Å². The first-order valence-corrected chi connectivity index (χ1v) is 14.1. The van der Waals surface area contributed by atoms with Crippen LogP contribution in [-0.4, -0.2) is 71.1 Å². The number of hydrogen-bond acceptors (Lipinski definition) is 7. The van der Waals surface area contributed by atoms with Crippen LogP contribution < -0.4 is 9.47 Å². The Balaban J connectivity index is 1.87. The topological polar surface area (TPSA) is 98.5 Å². The molecule has 1 aromatic heterocycles. The van der Waals surface area contributed by atoms with Gasteiger partial charge in [-0.2, -0.15) is 17.5 Å². The van der Waals surface area contributed by atoms with Gasteiger partial charge in [0.2, 0.25) is 15.9 Å². The highest BCUT2D eigenvalue weighted by Gasteiger charge is 2.34. The van der Waals surface area contributed by atoms with Gasteiger partial charge in [0.15, 0.2) is 11.5 Å². The Morgan fingerprint density at radius 2 is 1.71 bits per heavy atom. The molecule has 41 heavy (non-hydrogen) atoms. The average molecular weight is 599 g/mol. The molecule has 224 valence electrons. The summed E-state index contributed by atoms with van der Waals surface area (Å²) in [5, 5.41) is 0. The molecule has 2 aromatic carbocycles. The van der Waals surface area contributed by atoms with E-state index in [1.54, 1.807) is 24.3 Å². The number of sulfonamides is 1. The number of rotatable bonds is 15. The third-order valence-corrected chi connectivity index (χ3v) is 8.11. The van der Waals surface area contributed by atoms with Crippen molar-refractivity contribution in [1.82, 2.24) is 9.21 Å². The Bertz CT molecular complexity index is 1380. The van der Waals surface area contributed by atoms with Crippen LogP contribution in [0.2, 0.25) is 0 Å². The lowest BCUT2D eigenvalue weighted by Crippen LogP contribution is -2.44. The molecule has 3 rings (SSSR count). The van der Waals surface area contributed by atoms with E-state index in [1.165, 1.54) is 32.5 Å². The van der Waals surface area contributed by atoms with E-state index in [0.717, 1.165) is 28.1 Å². The van der Waals surface area contributed by atoms with E-state index in [9.17, 15) is 26.4 Å². The Morgan fingerprint density at radius 3 is 2.34 bits per heavy atom. The summed E-state index contributed by atoms with van der Waals surface area (Å²) in [6.45, 7) is -0.269. The van der Waals surface area contributed by atoms with Gasteiger partial charge in [0, 0.05) is 26.8 Å². The van der Waals surface area contributed by atoms with Crippen LogP contribution >= 0.6 is 0 Å². The molecule has 1 heterocycles. The lowest BCUT2D eigenvalue weighted by molar-refractivity contribution is -0.137. The summed E-state index contributed by atoms with van der Waals surface area (Å²) in [5.74, 6) is 1.00. The molecule has 1 amide bonds. The molecule has 0 unspecified atom stereocenters. The van der Waals surface area contributed by atoms with Gasteiger partial charge < -0.3 is 23.5 Å². The molecule has 0 fully saturated rings. The third-order valence-electron chi connectivity index (χ3n) is 6.26. The molecule has 13 heteroatoms. The molecule has 0 aliphatic heterocycles. The van der Waals surface area contributed by atoms with E-state index in [1.807, 2.05) is 6.07 Å². The number of hydrogen-bond donors (Lipinski definition) is 0. The summed E-state index contributed by atoms with van der Waals surface area (Å²) >= 11 is 0. The zero-order chi connectivity index (χ0) is 30.0. The predicted octanol–water partition coefficient (Wildman–Crippen LogP) is 4.61. The molecular weight excluding hydrogens is 565 g/mol. The number of furan rings is 1. The fraction of sp³-hybridized carbons (Fsp3) is 0.393. The van der Waals surface area contributed by atoms with Crippen molar-refractivity contribution in [3.05, 3.63) is 77.7 Å². The summed E-state index contributed by atoms with van der Waals surface area (Å²) in [4.78, 5) is 14.5. The van der Waals surface area contributed by atoms with Crippen LogP contribution in [0.5, 0.6) is 11.5 Å². The maximum atomic E-state index is 13.6. The highest BCUT2D eigenvalue weighted by atomic mass is 32.2. The Kier molecular flexibility index (Phi) is 11.2. The summed E-state index contributed by atoms with van der Waals surface area (Å²) in [6.07, 6.45) is -2.64. The van der Waals surface area contributed by atoms with Crippen molar-refractivity contribution < 1.29 is 45.0 Å². The maximum absolute atomic E-state index is 13.6. The molecule has 0 atom stereocenters. The Hall–Kier alpha value is -3.55. The van der Waals surface area contributed by atoms with Gasteiger partial charge in [-0.3, -0.25) is 4.79 Å². The van der Waals surface area contributed by atoms with Crippen molar-refractivity contribution in [2.75, 3.05) is 47.6 Å². The lowest BCUT2D eigenvalue weighted by atomic mass is 10.1. The number of carbonyl (C=O) groups is 1. The molecule has 0 radical (unpaired) electrons. The quantitative estimate of drug-likeness (QED) is 0.236. The first-order valence-electron chi connectivity index (χ1n) is 12.7. The summed E-state index contributed by atoms with van der Waals surface area (Å²) in [5.41, 5.74) is -0.260. The summed E-state index contributed by atoms with van der Waals surface area (Å²) in [6, 6.07) is 12.2. The molecule has 0 N–H and O–H groups in total. The Labute approximate surface area is 237 Å². The smallest absolute Gasteiger partial charge is 0.416 e. The molecule has 3 aromatic rings. The first-order chi connectivity index (χ1) is 19.5. The SMILES string of the molecule is COCCCN(CC(=O)N(CCc1ccc(OC)c(OC)c1)Cc1ccco1)S(=O)(=O)c1cccc(C(F)(F)F)c1. The van der Waals surface area contributed by atoms with Crippen molar-refractivity contribution in [3.63, 3.8) is 0 Å². The van der Waals surface area contributed by atoms with Gasteiger partial charge in [-0.05, 0) is 60.9 Å². The van der Waals surface area contributed by atoms with Crippen molar-refractivity contribution in [2.45, 2.75) is 30.5 Å². The van der Waals surface area contributed by atoms with Crippen molar-refractivity contribution >= 4 is 15.9 Å². The number of halogens is 3. The van der Waals surface area contributed by atoms with Gasteiger partial charge in [-0.15, -0.1) is 0 Å². The normalized spacial score (nSPS) is 12.0. The number of methoxy groups -OCH3 is 3. The zero-order valence-corrected chi connectivity index (χ0v) is 23.8. The fourth-order valence-electron chi connectivity index (χ4n) is 4.09. The first kappa shape index (κ1) is 32.0. The summed E-state index contributed by atoms with van der Waals surface area (Å²) in [7, 11) is 0.0104. The lowest BCUT2D eigenvalue weighted by Gasteiger charge is -2.27. The van der Waals surface area contributed by atoms with Gasteiger partial charge in [0.1, 0.15) is 5.76 Å². The zero-order valence-electron chi connectivity index (χ0n) is 23.0. The molecule has 0 aliphatic rings. The van der Waals surface area contributed by atoms with Crippen molar-refractivity contribution in [1.29, 1.82) is 0 Å². The second-order valence-corrected chi connectivity index (χ2v) is 11.0. The summed E-state index contributed by atoms with van der Waals surface area (Å²) < 4.78 is 88.8. The van der Waals surface area contributed by atoms with Crippen LogP contribution in [0.1, 0.15) is 23.3 Å². The second-order valence-electron chi connectivity index (χ2n) is 9.04. The standard InChI is InChI=1S/C28H33F3N2O7S/c1-37-15-6-13-33(41(35,36)24-9-4-7-22(18-24)28(29,30)31)20-27(34)32(19-23-8-5-16-40-23)14-12-21-10-11-25(38-2)26(17-21)39-3/h4-5,7-11,16-18H,6,12-15,19-20H2,1-3H3. The van der Waals surface area contributed by atoms with Crippen molar-refractivity contribution in [3.8, 4) is 11.5 Å². The number of alkyl halides is 3. The van der Waals surface area contributed by atoms with Crippen LogP contribution in [0.25, 0.3) is 0 Å². The van der Waals surface area contributed by atoms with Crippen LogP contribution in [0, 0.1) is 0 Å². The van der Waals surface area contributed by atoms with Crippen molar-refractivity contribution in [2.24, 2.45) is 0 Å². The van der Waals surface area contributed by atoms with Crippen LogP contribution in [0.3, 0.4) is 0 Å². The molecular formula is C28H33F3N2O7S. The molecule has 0 saturated heterocycles. The average Bonchev–Trinajstić information content (AvgIpc) is 3.47. The largest absolute Gasteiger partial charge is 0.493 e. The molecule has 0 aliphatic carbocycles. The monoisotopic (exact) mass is 598 g/mol. The van der Waals surface area contributed by atoms with E-state index in [4.69, 9.17) is 18.6 Å². The van der Waals surface area contributed by atoms with Crippen LogP contribution in [0.15, 0.2) is 70.2 Å². The number of nitrogens with zero attached hydrogens (tertiary/aromatic N) is 2. The number of carbonyl (C=O) groups excluding carboxylic acids is 1. The number of amides is 1. The molecule has 0 saturated carbocycles.